The monoisotopic (exact) mass is 383 g/mol. The van der Waals surface area contributed by atoms with Gasteiger partial charge in [-0.05, 0) is 25.1 Å². The second-order valence-electron chi connectivity index (χ2n) is 5.25. The molecule has 126 valence electrons. The standard InChI is InChI=1S/C16H22BrN3O3/c1-2-23-16(22)20-10-8-19(9-11-20)15(21)6-7-18-14-5-3-4-13(17)12-14/h3-5,12,18H,2,6-11H2,1H3. The highest BCUT2D eigenvalue weighted by Crippen LogP contribution is 2.15. The Kier molecular flexibility index (Phi) is 6.70. The van der Waals surface area contributed by atoms with Crippen molar-refractivity contribution >= 4 is 33.6 Å². The van der Waals surface area contributed by atoms with E-state index in [1.807, 2.05) is 24.3 Å². The van der Waals surface area contributed by atoms with Gasteiger partial charge in [0.15, 0.2) is 0 Å². The Morgan fingerprint density at radius 3 is 2.57 bits per heavy atom. The van der Waals surface area contributed by atoms with Gasteiger partial charge in [0.2, 0.25) is 5.91 Å². The molecular weight excluding hydrogens is 362 g/mol. The molecule has 1 N–H and O–H groups in total. The minimum Gasteiger partial charge on any atom is -0.450 e. The van der Waals surface area contributed by atoms with Crippen LogP contribution in [0, 0.1) is 0 Å². The van der Waals surface area contributed by atoms with Crippen LogP contribution >= 0.6 is 15.9 Å². The Hall–Kier alpha value is -1.76. The number of benzene rings is 1. The van der Waals surface area contributed by atoms with Crippen molar-refractivity contribution < 1.29 is 14.3 Å². The summed E-state index contributed by atoms with van der Waals surface area (Å²) < 4.78 is 5.97. The maximum Gasteiger partial charge on any atom is 0.409 e. The number of hydrogen-bond donors (Lipinski definition) is 1. The number of nitrogens with zero attached hydrogens (tertiary/aromatic N) is 2. The molecule has 1 aromatic rings. The number of nitrogens with one attached hydrogen (secondary N) is 1. The molecule has 2 rings (SSSR count). The van der Waals surface area contributed by atoms with Crippen LogP contribution in [0.3, 0.4) is 0 Å². The summed E-state index contributed by atoms with van der Waals surface area (Å²) in [5.74, 6) is 0.107. The lowest BCUT2D eigenvalue weighted by Gasteiger charge is -2.34. The molecule has 6 nitrogen and oxygen atoms in total. The van der Waals surface area contributed by atoms with Crippen molar-refractivity contribution in [1.29, 1.82) is 0 Å². The molecule has 0 aliphatic carbocycles. The average Bonchev–Trinajstić information content (AvgIpc) is 2.55. The van der Waals surface area contributed by atoms with Crippen LogP contribution in [0.1, 0.15) is 13.3 Å². The van der Waals surface area contributed by atoms with E-state index in [0.29, 0.717) is 45.8 Å². The third-order valence-electron chi connectivity index (χ3n) is 3.65. The molecule has 7 heteroatoms. The summed E-state index contributed by atoms with van der Waals surface area (Å²) in [6.07, 6.45) is 0.141. The predicted octanol–water partition coefficient (Wildman–Crippen LogP) is 2.55. The normalized spacial score (nSPS) is 14.5. The van der Waals surface area contributed by atoms with Gasteiger partial charge in [0.25, 0.3) is 0 Å². The van der Waals surface area contributed by atoms with Crippen LogP contribution < -0.4 is 5.32 Å². The Balaban J connectivity index is 1.70. The van der Waals surface area contributed by atoms with Gasteiger partial charge in [-0.3, -0.25) is 4.79 Å². The van der Waals surface area contributed by atoms with E-state index < -0.39 is 0 Å². The molecule has 0 atom stereocenters. The smallest absolute Gasteiger partial charge is 0.409 e. The van der Waals surface area contributed by atoms with Crippen molar-refractivity contribution in [3.05, 3.63) is 28.7 Å². The van der Waals surface area contributed by atoms with E-state index in [1.54, 1.807) is 16.7 Å². The van der Waals surface area contributed by atoms with Gasteiger partial charge in [0, 0.05) is 49.3 Å². The van der Waals surface area contributed by atoms with Gasteiger partial charge in [-0.15, -0.1) is 0 Å². The minimum atomic E-state index is -0.295. The van der Waals surface area contributed by atoms with E-state index in [9.17, 15) is 9.59 Å². The molecule has 1 aliphatic rings. The van der Waals surface area contributed by atoms with Crippen molar-refractivity contribution in [3.8, 4) is 0 Å². The third-order valence-corrected chi connectivity index (χ3v) is 4.14. The molecule has 1 aliphatic heterocycles. The zero-order valence-corrected chi connectivity index (χ0v) is 14.8. The molecule has 2 amide bonds. The molecule has 0 aromatic heterocycles. The topological polar surface area (TPSA) is 61.9 Å². The van der Waals surface area contributed by atoms with Gasteiger partial charge in [-0.25, -0.2) is 4.79 Å². The minimum absolute atomic E-state index is 0.107. The van der Waals surface area contributed by atoms with Crippen molar-refractivity contribution in [2.45, 2.75) is 13.3 Å². The zero-order valence-electron chi connectivity index (χ0n) is 13.3. The van der Waals surface area contributed by atoms with Gasteiger partial charge < -0.3 is 19.9 Å². The maximum atomic E-state index is 12.2. The molecule has 1 saturated heterocycles. The van der Waals surface area contributed by atoms with Crippen LogP contribution in [0.2, 0.25) is 0 Å². The molecule has 0 saturated carbocycles. The number of hydrogen-bond acceptors (Lipinski definition) is 4. The van der Waals surface area contributed by atoms with E-state index >= 15 is 0 Å². The molecule has 0 unspecified atom stereocenters. The molecular formula is C16H22BrN3O3. The summed E-state index contributed by atoms with van der Waals surface area (Å²) in [6.45, 7) is 4.94. The Morgan fingerprint density at radius 1 is 1.22 bits per heavy atom. The summed E-state index contributed by atoms with van der Waals surface area (Å²) in [5.41, 5.74) is 0.985. The van der Waals surface area contributed by atoms with Gasteiger partial charge in [-0.2, -0.15) is 0 Å². The highest BCUT2D eigenvalue weighted by molar-refractivity contribution is 9.10. The van der Waals surface area contributed by atoms with Gasteiger partial charge in [-0.1, -0.05) is 22.0 Å². The third kappa shape index (κ3) is 5.42. The number of rotatable bonds is 5. The Bertz CT molecular complexity index is 545. The second-order valence-corrected chi connectivity index (χ2v) is 6.17. The summed E-state index contributed by atoms with van der Waals surface area (Å²) in [7, 11) is 0. The van der Waals surface area contributed by atoms with Crippen LogP contribution in [-0.2, 0) is 9.53 Å². The van der Waals surface area contributed by atoms with E-state index in [-0.39, 0.29) is 12.0 Å². The fraction of sp³-hybridized carbons (Fsp3) is 0.500. The van der Waals surface area contributed by atoms with E-state index in [4.69, 9.17) is 4.74 Å². The van der Waals surface area contributed by atoms with Gasteiger partial charge in [0.05, 0.1) is 6.61 Å². The molecule has 1 heterocycles. The summed E-state index contributed by atoms with van der Waals surface area (Å²) >= 11 is 3.42. The maximum absolute atomic E-state index is 12.2. The first-order valence-electron chi connectivity index (χ1n) is 7.79. The van der Waals surface area contributed by atoms with Crippen LogP contribution in [-0.4, -0.2) is 61.1 Å². The number of amides is 2. The van der Waals surface area contributed by atoms with Crippen LogP contribution in [0.4, 0.5) is 10.5 Å². The lowest BCUT2D eigenvalue weighted by atomic mass is 10.2. The lowest BCUT2D eigenvalue weighted by molar-refractivity contribution is -0.132. The number of halogens is 1. The first-order valence-corrected chi connectivity index (χ1v) is 8.58. The first-order chi connectivity index (χ1) is 11.1. The molecule has 0 radical (unpaired) electrons. The van der Waals surface area contributed by atoms with Crippen LogP contribution in [0.25, 0.3) is 0 Å². The fourth-order valence-corrected chi connectivity index (χ4v) is 2.82. The van der Waals surface area contributed by atoms with E-state index in [0.717, 1.165) is 10.2 Å². The predicted molar refractivity (Wildman–Crippen MR) is 92.4 cm³/mol. The van der Waals surface area contributed by atoms with Crippen LogP contribution in [0.15, 0.2) is 28.7 Å². The van der Waals surface area contributed by atoms with Gasteiger partial charge in [0.1, 0.15) is 0 Å². The number of carbonyl (C=O) groups excluding carboxylic acids is 2. The number of ether oxygens (including phenoxy) is 1. The highest BCUT2D eigenvalue weighted by atomic mass is 79.9. The summed E-state index contributed by atoms with van der Waals surface area (Å²) in [5, 5.41) is 3.24. The fourth-order valence-electron chi connectivity index (χ4n) is 2.42. The van der Waals surface area contributed by atoms with Crippen molar-refractivity contribution in [3.63, 3.8) is 0 Å². The number of piperazine rings is 1. The zero-order chi connectivity index (χ0) is 16.7. The second kappa shape index (κ2) is 8.76. The Labute approximate surface area is 144 Å². The average molecular weight is 384 g/mol. The highest BCUT2D eigenvalue weighted by Gasteiger charge is 2.24. The lowest BCUT2D eigenvalue weighted by Crippen LogP contribution is -2.50. The van der Waals surface area contributed by atoms with E-state index in [1.165, 1.54) is 0 Å². The molecule has 1 fully saturated rings. The summed E-state index contributed by atoms with van der Waals surface area (Å²) in [4.78, 5) is 27.3. The molecule has 0 spiro atoms. The SMILES string of the molecule is CCOC(=O)N1CCN(C(=O)CCNc2cccc(Br)c2)CC1. The molecule has 1 aromatic carbocycles. The number of carbonyl (C=O) groups is 2. The quantitative estimate of drug-likeness (QED) is 0.848. The van der Waals surface area contributed by atoms with Gasteiger partial charge >= 0.3 is 6.09 Å². The van der Waals surface area contributed by atoms with Crippen molar-refractivity contribution in [1.82, 2.24) is 9.80 Å². The Morgan fingerprint density at radius 2 is 1.91 bits per heavy atom. The first kappa shape index (κ1) is 17.6. The molecule has 0 bridgehead atoms. The van der Waals surface area contributed by atoms with Crippen LogP contribution in [0.5, 0.6) is 0 Å². The summed E-state index contributed by atoms with van der Waals surface area (Å²) in [6, 6.07) is 7.85. The van der Waals surface area contributed by atoms with E-state index in [2.05, 4.69) is 21.2 Å². The molecule has 23 heavy (non-hydrogen) atoms. The largest absolute Gasteiger partial charge is 0.450 e. The van der Waals surface area contributed by atoms with Crippen molar-refractivity contribution in [2.24, 2.45) is 0 Å². The number of anilines is 1. The van der Waals surface area contributed by atoms with Crippen molar-refractivity contribution in [2.75, 3.05) is 44.6 Å².